The second-order valence-corrected chi connectivity index (χ2v) is 5.11. The molecule has 2 N–H and O–H groups in total. The molecule has 7 heteroatoms. The lowest BCUT2D eigenvalue weighted by atomic mass is 10.2. The van der Waals surface area contributed by atoms with Gasteiger partial charge in [-0.1, -0.05) is 23.2 Å². The Hall–Kier alpha value is -1.82. The molecule has 4 nitrogen and oxygen atoms in total. The number of anilines is 1. The fourth-order valence-corrected chi connectivity index (χ4v) is 2.16. The van der Waals surface area contributed by atoms with Gasteiger partial charge in [-0.2, -0.15) is 0 Å². The number of amides is 1. The van der Waals surface area contributed by atoms with Crippen LogP contribution >= 0.6 is 23.2 Å². The van der Waals surface area contributed by atoms with Gasteiger partial charge in [0.05, 0.1) is 22.2 Å². The lowest BCUT2D eigenvalue weighted by Gasteiger charge is -2.09. The number of carbonyl (C=O) groups excluding carboxylic acids is 1. The smallest absolute Gasteiger partial charge is 0.257 e. The molecule has 0 fully saturated rings. The zero-order chi connectivity index (χ0) is 16.1. The van der Waals surface area contributed by atoms with Gasteiger partial charge in [-0.3, -0.25) is 4.79 Å². The molecule has 0 atom stereocenters. The average molecular weight is 344 g/mol. The first kappa shape index (κ1) is 16.5. The van der Waals surface area contributed by atoms with Crippen molar-refractivity contribution in [2.24, 2.45) is 0 Å². The molecule has 2 aromatic rings. The summed E-state index contributed by atoms with van der Waals surface area (Å²) in [5.41, 5.74) is 0.483. The van der Waals surface area contributed by atoms with E-state index in [1.165, 1.54) is 6.07 Å². The van der Waals surface area contributed by atoms with Gasteiger partial charge < -0.3 is 15.2 Å². The summed E-state index contributed by atoms with van der Waals surface area (Å²) in [5.74, 6) is -0.712. The maximum atomic E-state index is 13.4. The standard InChI is InChI=1S/C15H12Cl2FNO3/c16-12-8-13(17)14(18)7-11(12)15(21)19-9-1-3-10(4-2-9)22-6-5-20/h1-4,7-8,20H,5-6H2,(H,19,21). The number of carbonyl (C=O) groups is 1. The topological polar surface area (TPSA) is 58.6 Å². The van der Waals surface area contributed by atoms with Crippen LogP contribution in [0, 0.1) is 5.82 Å². The van der Waals surface area contributed by atoms with Gasteiger partial charge in [-0.25, -0.2) is 4.39 Å². The lowest BCUT2D eigenvalue weighted by Crippen LogP contribution is -2.13. The molecule has 1 amide bonds. The van der Waals surface area contributed by atoms with E-state index >= 15 is 0 Å². The number of nitrogens with one attached hydrogen (secondary N) is 1. The minimum atomic E-state index is -0.719. The number of halogens is 3. The van der Waals surface area contributed by atoms with E-state index in [4.69, 9.17) is 33.0 Å². The third-order valence-corrected chi connectivity index (χ3v) is 3.33. The van der Waals surface area contributed by atoms with Gasteiger partial charge >= 0.3 is 0 Å². The van der Waals surface area contributed by atoms with E-state index < -0.39 is 11.7 Å². The monoisotopic (exact) mass is 343 g/mol. The van der Waals surface area contributed by atoms with Gasteiger partial charge in [0.25, 0.3) is 5.91 Å². The van der Waals surface area contributed by atoms with E-state index in [0.717, 1.165) is 6.07 Å². The van der Waals surface area contributed by atoms with E-state index in [-0.39, 0.29) is 28.8 Å². The summed E-state index contributed by atoms with van der Waals surface area (Å²) in [6, 6.07) is 8.66. The molecule has 0 saturated heterocycles. The van der Waals surface area contributed by atoms with Crippen LogP contribution in [0.1, 0.15) is 10.4 Å². The first-order valence-electron chi connectivity index (χ1n) is 6.31. The van der Waals surface area contributed by atoms with Crippen molar-refractivity contribution in [1.82, 2.24) is 0 Å². The van der Waals surface area contributed by atoms with E-state index in [2.05, 4.69) is 5.32 Å². The number of rotatable bonds is 5. The predicted octanol–water partition coefficient (Wildman–Crippen LogP) is 3.76. The molecule has 0 aliphatic carbocycles. The third-order valence-electron chi connectivity index (χ3n) is 2.73. The number of ether oxygens (including phenoxy) is 1. The molecule has 2 rings (SSSR count). The quantitative estimate of drug-likeness (QED) is 0.812. The molecule has 0 saturated carbocycles. The van der Waals surface area contributed by atoms with Gasteiger partial charge in [0.1, 0.15) is 18.2 Å². The summed E-state index contributed by atoms with van der Waals surface area (Å²) in [6.45, 7) is 0.102. The molecule has 0 spiro atoms. The first-order valence-corrected chi connectivity index (χ1v) is 7.06. The molecule has 0 unspecified atom stereocenters. The highest BCUT2D eigenvalue weighted by Gasteiger charge is 2.14. The Labute approximate surface area is 136 Å². The van der Waals surface area contributed by atoms with Gasteiger partial charge in [0.15, 0.2) is 0 Å². The van der Waals surface area contributed by atoms with Gasteiger partial charge in [0.2, 0.25) is 0 Å². The second-order valence-electron chi connectivity index (χ2n) is 4.30. The van der Waals surface area contributed by atoms with E-state index in [1.54, 1.807) is 24.3 Å². The summed E-state index contributed by atoms with van der Waals surface area (Å²) in [5, 5.41) is 11.2. The molecular formula is C15H12Cl2FNO3. The molecule has 0 aliphatic heterocycles. The summed E-state index contributed by atoms with van der Waals surface area (Å²) >= 11 is 11.5. The highest BCUT2D eigenvalue weighted by atomic mass is 35.5. The molecule has 0 heterocycles. The van der Waals surface area contributed by atoms with Crippen molar-refractivity contribution in [2.75, 3.05) is 18.5 Å². The van der Waals surface area contributed by atoms with Crippen LogP contribution in [0.3, 0.4) is 0 Å². The fourth-order valence-electron chi connectivity index (χ4n) is 1.69. The number of benzene rings is 2. The minimum Gasteiger partial charge on any atom is -0.491 e. The molecule has 0 bridgehead atoms. The van der Waals surface area contributed by atoms with Crippen molar-refractivity contribution in [1.29, 1.82) is 0 Å². The molecule has 116 valence electrons. The normalized spacial score (nSPS) is 10.4. The molecule has 2 aromatic carbocycles. The van der Waals surface area contributed by atoms with Crippen molar-refractivity contribution in [3.05, 3.63) is 57.8 Å². The fraction of sp³-hybridized carbons (Fsp3) is 0.133. The largest absolute Gasteiger partial charge is 0.491 e. The van der Waals surface area contributed by atoms with Crippen LogP contribution in [0.4, 0.5) is 10.1 Å². The minimum absolute atomic E-state index is 0.0100. The Kier molecular flexibility index (Phi) is 5.60. The van der Waals surface area contributed by atoms with Gasteiger partial charge in [0, 0.05) is 5.69 Å². The number of hydrogen-bond acceptors (Lipinski definition) is 3. The highest BCUT2D eigenvalue weighted by molar-refractivity contribution is 6.37. The predicted molar refractivity (Wildman–Crippen MR) is 83.4 cm³/mol. The zero-order valence-corrected chi connectivity index (χ0v) is 12.8. The molecule has 22 heavy (non-hydrogen) atoms. The van der Waals surface area contributed by atoms with Crippen LogP contribution in [0.2, 0.25) is 10.0 Å². The van der Waals surface area contributed by atoms with Crippen molar-refractivity contribution in [3.63, 3.8) is 0 Å². The van der Waals surface area contributed by atoms with E-state index in [9.17, 15) is 9.18 Å². The number of hydrogen-bond donors (Lipinski definition) is 2. The van der Waals surface area contributed by atoms with Crippen LogP contribution in [-0.2, 0) is 0 Å². The highest BCUT2D eigenvalue weighted by Crippen LogP contribution is 2.25. The SMILES string of the molecule is O=C(Nc1ccc(OCCO)cc1)c1cc(F)c(Cl)cc1Cl. The Bertz CT molecular complexity index is 677. The van der Waals surface area contributed by atoms with Gasteiger partial charge in [-0.15, -0.1) is 0 Å². The van der Waals surface area contributed by atoms with E-state index in [1.807, 2.05) is 0 Å². The molecular weight excluding hydrogens is 332 g/mol. The third kappa shape index (κ3) is 4.10. The summed E-state index contributed by atoms with van der Waals surface area (Å²) < 4.78 is 18.6. The molecule has 0 radical (unpaired) electrons. The van der Waals surface area contributed by atoms with Crippen LogP contribution in [0.25, 0.3) is 0 Å². The Morgan fingerprint density at radius 2 is 1.86 bits per heavy atom. The first-order chi connectivity index (χ1) is 10.5. The molecule has 0 aliphatic rings. The van der Waals surface area contributed by atoms with Crippen LogP contribution in [0.5, 0.6) is 5.75 Å². The summed E-state index contributed by atoms with van der Waals surface area (Å²) in [7, 11) is 0. The maximum Gasteiger partial charge on any atom is 0.257 e. The lowest BCUT2D eigenvalue weighted by molar-refractivity contribution is 0.102. The number of aliphatic hydroxyl groups is 1. The van der Waals surface area contributed by atoms with Crippen LogP contribution in [0.15, 0.2) is 36.4 Å². The molecule has 0 aromatic heterocycles. The van der Waals surface area contributed by atoms with Crippen molar-refractivity contribution in [2.45, 2.75) is 0 Å². The van der Waals surface area contributed by atoms with E-state index in [0.29, 0.717) is 11.4 Å². The van der Waals surface area contributed by atoms with Crippen molar-refractivity contribution in [3.8, 4) is 5.75 Å². The summed E-state index contributed by atoms with van der Waals surface area (Å²) in [6.07, 6.45) is 0. The maximum absolute atomic E-state index is 13.4. The van der Waals surface area contributed by atoms with Gasteiger partial charge in [-0.05, 0) is 36.4 Å². The Morgan fingerprint density at radius 3 is 2.50 bits per heavy atom. The average Bonchev–Trinajstić information content (AvgIpc) is 2.50. The summed E-state index contributed by atoms with van der Waals surface area (Å²) in [4.78, 5) is 12.1. The number of aliphatic hydroxyl groups excluding tert-OH is 1. The van der Waals surface area contributed by atoms with Crippen LogP contribution in [-0.4, -0.2) is 24.2 Å². The zero-order valence-electron chi connectivity index (χ0n) is 11.3. The van der Waals surface area contributed by atoms with Crippen LogP contribution < -0.4 is 10.1 Å². The Balaban J connectivity index is 2.10. The van der Waals surface area contributed by atoms with Crippen molar-refractivity contribution < 1.29 is 19.0 Å². The second kappa shape index (κ2) is 7.45. The van der Waals surface area contributed by atoms with Crippen molar-refractivity contribution >= 4 is 34.8 Å². The Morgan fingerprint density at radius 1 is 1.18 bits per heavy atom.